The van der Waals surface area contributed by atoms with E-state index >= 15 is 0 Å². The third-order valence-electron chi connectivity index (χ3n) is 4.35. The average molecular weight is 403 g/mol. The van der Waals surface area contributed by atoms with Crippen molar-refractivity contribution < 1.29 is 19.1 Å². The monoisotopic (exact) mass is 402 g/mol. The Hall–Kier alpha value is -2.36. The molecule has 1 aromatic rings. The van der Waals surface area contributed by atoms with Crippen LogP contribution in [-0.4, -0.2) is 18.0 Å². The summed E-state index contributed by atoms with van der Waals surface area (Å²) in [6.45, 7) is 11.4. The number of benzene rings is 1. The van der Waals surface area contributed by atoms with E-state index in [1.807, 2.05) is 30.3 Å². The van der Waals surface area contributed by atoms with Gasteiger partial charge in [0.15, 0.2) is 0 Å². The van der Waals surface area contributed by atoms with Crippen LogP contribution in [0, 0.1) is 0 Å². The zero-order valence-corrected chi connectivity index (χ0v) is 18.2. The van der Waals surface area contributed by atoms with Gasteiger partial charge >= 0.3 is 11.9 Å². The molecule has 0 fully saturated rings. The van der Waals surface area contributed by atoms with Crippen molar-refractivity contribution >= 4 is 11.9 Å². The molecule has 0 saturated carbocycles. The second kappa shape index (κ2) is 19.0. The maximum atomic E-state index is 11.2. The van der Waals surface area contributed by atoms with Crippen molar-refractivity contribution in [3.8, 4) is 0 Å². The lowest BCUT2D eigenvalue weighted by Crippen LogP contribution is -2.16. The van der Waals surface area contributed by atoms with Gasteiger partial charge in [-0.2, -0.15) is 0 Å². The van der Waals surface area contributed by atoms with Crippen LogP contribution in [0.15, 0.2) is 55.6 Å². The fraction of sp³-hybridized carbons (Fsp3) is 0.520. The highest BCUT2D eigenvalue weighted by Gasteiger charge is 2.11. The van der Waals surface area contributed by atoms with Gasteiger partial charge in [-0.05, 0) is 31.2 Å². The van der Waals surface area contributed by atoms with Crippen LogP contribution in [0.2, 0.25) is 0 Å². The smallest absolute Gasteiger partial charge is 0.330 e. The maximum absolute atomic E-state index is 11.2. The number of carbonyl (C=O) groups excluding carboxylic acids is 2. The highest BCUT2D eigenvalue weighted by atomic mass is 16.5. The Morgan fingerprint density at radius 2 is 1.41 bits per heavy atom. The summed E-state index contributed by atoms with van der Waals surface area (Å²) in [4.78, 5) is 21.8. The molecular weight excluding hydrogens is 364 g/mol. The number of hydrogen-bond acceptors (Lipinski definition) is 4. The number of carbonyl (C=O) groups is 2. The van der Waals surface area contributed by atoms with Gasteiger partial charge in [0.2, 0.25) is 0 Å². The first-order valence-electron chi connectivity index (χ1n) is 10.7. The standard InChI is InChI=1S/C15H28O2.C10H10O2/c1-4-7-9-11-13-14(12-10-8-5-2)17-15(16)6-3;1-2-10(11)12-8-9-6-4-3-5-7-9/h6,14H,3-5,7-13H2,1-2H3;2-7H,1,8H2. The molecule has 0 amide bonds. The van der Waals surface area contributed by atoms with Gasteiger partial charge in [-0.25, -0.2) is 9.59 Å². The Morgan fingerprint density at radius 3 is 1.97 bits per heavy atom. The van der Waals surface area contributed by atoms with Gasteiger partial charge < -0.3 is 9.47 Å². The van der Waals surface area contributed by atoms with Crippen molar-refractivity contribution in [3.63, 3.8) is 0 Å². The molecule has 0 aliphatic heterocycles. The molecule has 1 rings (SSSR count). The average Bonchev–Trinajstić information content (AvgIpc) is 2.76. The molecule has 0 saturated heterocycles. The van der Waals surface area contributed by atoms with Crippen LogP contribution in [0.25, 0.3) is 0 Å². The molecule has 1 unspecified atom stereocenters. The highest BCUT2D eigenvalue weighted by molar-refractivity contribution is 5.81. The van der Waals surface area contributed by atoms with Crippen LogP contribution in [0.4, 0.5) is 0 Å². The van der Waals surface area contributed by atoms with E-state index in [4.69, 9.17) is 9.47 Å². The van der Waals surface area contributed by atoms with E-state index in [1.165, 1.54) is 38.2 Å². The zero-order chi connectivity index (χ0) is 21.7. The van der Waals surface area contributed by atoms with E-state index in [-0.39, 0.29) is 18.0 Å². The fourth-order valence-corrected chi connectivity index (χ4v) is 2.68. The zero-order valence-electron chi connectivity index (χ0n) is 18.2. The number of rotatable bonds is 14. The molecule has 0 aromatic heterocycles. The minimum Gasteiger partial charge on any atom is -0.459 e. The van der Waals surface area contributed by atoms with E-state index in [1.54, 1.807) is 0 Å². The largest absolute Gasteiger partial charge is 0.459 e. The lowest BCUT2D eigenvalue weighted by Gasteiger charge is -2.16. The van der Waals surface area contributed by atoms with Crippen LogP contribution in [0.3, 0.4) is 0 Å². The second-order valence-corrected chi connectivity index (χ2v) is 6.91. The van der Waals surface area contributed by atoms with Gasteiger partial charge in [-0.3, -0.25) is 0 Å². The van der Waals surface area contributed by atoms with Crippen molar-refractivity contribution in [1.82, 2.24) is 0 Å². The van der Waals surface area contributed by atoms with E-state index in [9.17, 15) is 9.59 Å². The molecule has 0 bridgehead atoms. The second-order valence-electron chi connectivity index (χ2n) is 6.91. The summed E-state index contributed by atoms with van der Waals surface area (Å²) in [7, 11) is 0. The van der Waals surface area contributed by atoms with Crippen LogP contribution in [0.5, 0.6) is 0 Å². The minimum absolute atomic E-state index is 0.101. The summed E-state index contributed by atoms with van der Waals surface area (Å²) < 4.78 is 10.2. The number of hydrogen-bond donors (Lipinski definition) is 0. The normalized spacial score (nSPS) is 10.8. The van der Waals surface area contributed by atoms with Gasteiger partial charge in [-0.15, -0.1) is 0 Å². The van der Waals surface area contributed by atoms with Gasteiger partial charge in [0.1, 0.15) is 12.7 Å². The molecule has 0 spiro atoms. The molecule has 1 atom stereocenters. The Kier molecular flexibility index (Phi) is 17.4. The van der Waals surface area contributed by atoms with E-state index < -0.39 is 0 Å². The predicted molar refractivity (Wildman–Crippen MR) is 119 cm³/mol. The van der Waals surface area contributed by atoms with Crippen molar-refractivity contribution in [2.45, 2.75) is 84.3 Å². The summed E-state index contributed by atoms with van der Waals surface area (Å²) in [6.07, 6.45) is 13.0. The third-order valence-corrected chi connectivity index (χ3v) is 4.35. The molecule has 1 aromatic carbocycles. The van der Waals surface area contributed by atoms with Gasteiger partial charge in [0, 0.05) is 12.2 Å². The lowest BCUT2D eigenvalue weighted by molar-refractivity contribution is -0.143. The molecule has 162 valence electrons. The molecule has 4 heteroatoms. The summed E-state index contributed by atoms with van der Waals surface area (Å²) in [6, 6.07) is 9.51. The van der Waals surface area contributed by atoms with Crippen LogP contribution < -0.4 is 0 Å². The Labute approximate surface area is 177 Å². The quantitative estimate of drug-likeness (QED) is 0.201. The van der Waals surface area contributed by atoms with Crippen molar-refractivity contribution in [3.05, 3.63) is 61.2 Å². The topological polar surface area (TPSA) is 52.6 Å². The highest BCUT2D eigenvalue weighted by Crippen LogP contribution is 2.15. The molecule has 29 heavy (non-hydrogen) atoms. The SMILES string of the molecule is C=CC(=O)OC(CCCCC)CCCCCC.C=CC(=O)OCc1ccccc1. The summed E-state index contributed by atoms with van der Waals surface area (Å²) in [5.74, 6) is -0.666. The number of esters is 2. The molecule has 4 nitrogen and oxygen atoms in total. The van der Waals surface area contributed by atoms with Crippen LogP contribution in [0.1, 0.15) is 77.2 Å². The van der Waals surface area contributed by atoms with Gasteiger partial charge in [-0.1, -0.05) is 89.4 Å². The minimum atomic E-state index is -0.390. The summed E-state index contributed by atoms with van der Waals surface area (Å²) in [5, 5.41) is 0. The number of unbranched alkanes of at least 4 members (excludes halogenated alkanes) is 5. The van der Waals surface area contributed by atoms with E-state index in [0.29, 0.717) is 6.61 Å². The first-order valence-corrected chi connectivity index (χ1v) is 10.7. The third kappa shape index (κ3) is 16.3. The lowest BCUT2D eigenvalue weighted by atomic mass is 10.0. The molecule has 0 radical (unpaired) electrons. The molecule has 0 aliphatic rings. The Balaban J connectivity index is 0.000000571. The summed E-state index contributed by atoms with van der Waals surface area (Å²) in [5.41, 5.74) is 0.979. The van der Waals surface area contributed by atoms with Gasteiger partial charge in [0.25, 0.3) is 0 Å². The molecule has 0 aliphatic carbocycles. The Bertz CT molecular complexity index is 565. The molecular formula is C25H38O4. The van der Waals surface area contributed by atoms with Gasteiger partial charge in [0.05, 0.1) is 0 Å². The predicted octanol–water partition coefficient (Wildman–Crippen LogP) is 6.55. The van der Waals surface area contributed by atoms with E-state index in [0.717, 1.165) is 37.3 Å². The Morgan fingerprint density at radius 1 is 0.862 bits per heavy atom. The van der Waals surface area contributed by atoms with Crippen LogP contribution >= 0.6 is 0 Å². The summed E-state index contributed by atoms with van der Waals surface area (Å²) >= 11 is 0. The fourth-order valence-electron chi connectivity index (χ4n) is 2.68. The number of ether oxygens (including phenoxy) is 2. The van der Waals surface area contributed by atoms with Crippen molar-refractivity contribution in [2.75, 3.05) is 0 Å². The first-order chi connectivity index (χ1) is 14.1. The first kappa shape index (κ1) is 26.6. The maximum Gasteiger partial charge on any atom is 0.330 e. The van der Waals surface area contributed by atoms with Crippen molar-refractivity contribution in [2.24, 2.45) is 0 Å². The molecule has 0 N–H and O–H groups in total. The van der Waals surface area contributed by atoms with E-state index in [2.05, 4.69) is 27.0 Å². The molecule has 0 heterocycles. The van der Waals surface area contributed by atoms with Crippen LogP contribution in [-0.2, 0) is 25.7 Å². The van der Waals surface area contributed by atoms with Crippen molar-refractivity contribution in [1.29, 1.82) is 0 Å².